The average Bonchev–Trinajstić information content (AvgIpc) is 2.11. The Morgan fingerprint density at radius 3 is 2.00 bits per heavy atom. The highest BCUT2D eigenvalue weighted by Gasteiger charge is 2.26. The summed E-state index contributed by atoms with van der Waals surface area (Å²) >= 11 is 0. The van der Waals surface area contributed by atoms with Crippen molar-refractivity contribution < 1.29 is 9.59 Å². The van der Waals surface area contributed by atoms with Crippen LogP contribution in [0.15, 0.2) is 0 Å². The van der Waals surface area contributed by atoms with Crippen LogP contribution in [0.25, 0.3) is 0 Å². The zero-order valence-corrected chi connectivity index (χ0v) is 9.76. The number of rotatable bonds is 5. The molecule has 0 aliphatic carbocycles. The van der Waals surface area contributed by atoms with Crippen molar-refractivity contribution in [3.8, 4) is 0 Å². The minimum atomic E-state index is -0.322. The Kier molecular flexibility index (Phi) is 5.43. The third-order valence-electron chi connectivity index (χ3n) is 2.45. The number of carbonyl (C=O) groups is 2. The van der Waals surface area contributed by atoms with Crippen molar-refractivity contribution in [2.75, 3.05) is 0 Å². The van der Waals surface area contributed by atoms with Gasteiger partial charge in [0.05, 0.1) is 6.04 Å². The van der Waals surface area contributed by atoms with Crippen LogP contribution in [0.1, 0.15) is 41.0 Å². The lowest BCUT2D eigenvalue weighted by Crippen LogP contribution is -2.45. The van der Waals surface area contributed by atoms with Gasteiger partial charge in [0, 0.05) is 12.8 Å². The summed E-state index contributed by atoms with van der Waals surface area (Å²) in [7, 11) is 0. The van der Waals surface area contributed by atoms with Gasteiger partial charge in [0.25, 0.3) is 0 Å². The lowest BCUT2D eigenvalue weighted by Gasteiger charge is -2.24. The summed E-state index contributed by atoms with van der Waals surface area (Å²) in [5.74, 6) is 0.161. The molecule has 0 bridgehead atoms. The third kappa shape index (κ3) is 3.90. The van der Waals surface area contributed by atoms with Crippen molar-refractivity contribution >= 4 is 11.7 Å². The maximum absolute atomic E-state index is 11.8. The van der Waals surface area contributed by atoms with Gasteiger partial charge in [-0.05, 0) is 5.92 Å². The van der Waals surface area contributed by atoms with Crippen molar-refractivity contribution in [2.45, 2.75) is 47.1 Å². The summed E-state index contributed by atoms with van der Waals surface area (Å²) in [5.41, 5.74) is 0. The molecule has 3 heteroatoms. The predicted molar refractivity (Wildman–Crippen MR) is 56.9 cm³/mol. The lowest BCUT2D eigenvalue weighted by molar-refractivity contribution is -0.129. The zero-order valence-electron chi connectivity index (χ0n) is 9.76. The maximum Gasteiger partial charge on any atom is 0.217 e. The minimum Gasteiger partial charge on any atom is -0.346 e. The van der Waals surface area contributed by atoms with E-state index in [1.165, 1.54) is 6.92 Å². The Morgan fingerprint density at radius 1 is 1.21 bits per heavy atom. The number of hydrogen-bond donors (Lipinski definition) is 1. The molecule has 2 atom stereocenters. The summed E-state index contributed by atoms with van der Waals surface area (Å²) in [5, 5.41) is 2.72. The van der Waals surface area contributed by atoms with E-state index in [-0.39, 0.29) is 29.6 Å². The fraction of sp³-hybridized carbons (Fsp3) is 0.818. The summed E-state index contributed by atoms with van der Waals surface area (Å²) < 4.78 is 0. The van der Waals surface area contributed by atoms with Crippen LogP contribution in [0.4, 0.5) is 0 Å². The molecule has 0 radical (unpaired) electrons. The van der Waals surface area contributed by atoms with E-state index in [2.05, 4.69) is 5.32 Å². The van der Waals surface area contributed by atoms with E-state index in [4.69, 9.17) is 0 Å². The molecule has 0 aromatic rings. The molecule has 0 aromatic heterocycles. The molecule has 1 amide bonds. The molecule has 82 valence electrons. The van der Waals surface area contributed by atoms with Crippen molar-refractivity contribution in [3.63, 3.8) is 0 Å². The Bertz CT molecular complexity index is 211. The number of carbonyl (C=O) groups excluding carboxylic acids is 2. The molecule has 0 saturated heterocycles. The fourth-order valence-corrected chi connectivity index (χ4v) is 1.31. The van der Waals surface area contributed by atoms with Gasteiger partial charge in [0.1, 0.15) is 0 Å². The quantitative estimate of drug-likeness (QED) is 0.733. The summed E-state index contributed by atoms with van der Waals surface area (Å²) in [6, 6.07) is -0.322. The van der Waals surface area contributed by atoms with Crippen molar-refractivity contribution in [1.82, 2.24) is 5.32 Å². The first kappa shape index (κ1) is 13.1. The highest BCUT2D eigenvalue weighted by molar-refractivity contribution is 5.89. The van der Waals surface area contributed by atoms with Crippen LogP contribution in [0, 0.1) is 11.8 Å². The standard InChI is InChI=1S/C11H21NO2/c1-6-8(4)10(12-9(5)13)11(14)7(2)3/h7-8,10H,6H2,1-5H3,(H,12,13)/t8-,10-/m0/s1. The zero-order chi connectivity index (χ0) is 11.3. The molecule has 0 saturated carbocycles. The highest BCUT2D eigenvalue weighted by atomic mass is 16.2. The van der Waals surface area contributed by atoms with Crippen LogP contribution < -0.4 is 5.32 Å². The van der Waals surface area contributed by atoms with E-state index in [0.29, 0.717) is 0 Å². The molecule has 0 heterocycles. The molecule has 0 aliphatic rings. The maximum atomic E-state index is 11.8. The number of amides is 1. The Balaban J connectivity index is 4.54. The highest BCUT2D eigenvalue weighted by Crippen LogP contribution is 2.12. The van der Waals surface area contributed by atoms with E-state index < -0.39 is 0 Å². The van der Waals surface area contributed by atoms with Crippen molar-refractivity contribution in [3.05, 3.63) is 0 Å². The molecular weight excluding hydrogens is 178 g/mol. The molecule has 0 rings (SSSR count). The fourth-order valence-electron chi connectivity index (χ4n) is 1.31. The Morgan fingerprint density at radius 2 is 1.71 bits per heavy atom. The molecular formula is C11H21NO2. The normalized spacial score (nSPS) is 15.0. The third-order valence-corrected chi connectivity index (χ3v) is 2.45. The van der Waals surface area contributed by atoms with E-state index in [1.54, 1.807) is 0 Å². The van der Waals surface area contributed by atoms with Gasteiger partial charge in [-0.15, -0.1) is 0 Å². The summed E-state index contributed by atoms with van der Waals surface area (Å²) in [4.78, 5) is 22.7. The second-order valence-corrected chi connectivity index (χ2v) is 4.12. The van der Waals surface area contributed by atoms with Crippen LogP contribution in [0.2, 0.25) is 0 Å². The first-order valence-corrected chi connectivity index (χ1v) is 5.21. The van der Waals surface area contributed by atoms with Gasteiger partial charge in [-0.2, -0.15) is 0 Å². The van der Waals surface area contributed by atoms with Crippen LogP contribution >= 0.6 is 0 Å². The van der Waals surface area contributed by atoms with Gasteiger partial charge in [-0.3, -0.25) is 9.59 Å². The first-order chi connectivity index (χ1) is 6.40. The topological polar surface area (TPSA) is 46.2 Å². The average molecular weight is 199 g/mol. The first-order valence-electron chi connectivity index (χ1n) is 5.21. The molecule has 0 aliphatic heterocycles. The van der Waals surface area contributed by atoms with Gasteiger partial charge in [-0.25, -0.2) is 0 Å². The van der Waals surface area contributed by atoms with E-state index in [0.717, 1.165) is 6.42 Å². The van der Waals surface area contributed by atoms with Crippen LogP contribution in [0.5, 0.6) is 0 Å². The van der Waals surface area contributed by atoms with Gasteiger partial charge in [0.2, 0.25) is 5.91 Å². The van der Waals surface area contributed by atoms with Crippen molar-refractivity contribution in [1.29, 1.82) is 0 Å². The van der Waals surface area contributed by atoms with Crippen LogP contribution in [-0.2, 0) is 9.59 Å². The van der Waals surface area contributed by atoms with E-state index in [1.807, 2.05) is 27.7 Å². The summed E-state index contributed by atoms with van der Waals surface area (Å²) in [6.45, 7) is 9.18. The number of ketones is 1. The van der Waals surface area contributed by atoms with Crippen molar-refractivity contribution in [2.24, 2.45) is 11.8 Å². The Hall–Kier alpha value is -0.860. The summed E-state index contributed by atoms with van der Waals surface area (Å²) in [6.07, 6.45) is 0.892. The smallest absolute Gasteiger partial charge is 0.217 e. The monoisotopic (exact) mass is 199 g/mol. The Labute approximate surface area is 86.3 Å². The number of nitrogens with one attached hydrogen (secondary N) is 1. The largest absolute Gasteiger partial charge is 0.346 e. The lowest BCUT2D eigenvalue weighted by atomic mass is 9.90. The predicted octanol–water partition coefficient (Wildman–Crippen LogP) is 1.76. The van der Waals surface area contributed by atoms with E-state index in [9.17, 15) is 9.59 Å². The molecule has 0 spiro atoms. The second kappa shape index (κ2) is 5.78. The molecule has 0 fully saturated rings. The molecule has 3 nitrogen and oxygen atoms in total. The number of Topliss-reactive ketones (excluding diaryl/α,β-unsaturated/α-hetero) is 1. The molecule has 0 aromatic carbocycles. The molecule has 14 heavy (non-hydrogen) atoms. The second-order valence-electron chi connectivity index (χ2n) is 4.12. The van der Waals surface area contributed by atoms with E-state index >= 15 is 0 Å². The SMILES string of the molecule is CC[C@H](C)[C@H](NC(C)=O)C(=O)C(C)C. The van der Waals surface area contributed by atoms with Gasteiger partial charge in [0.15, 0.2) is 5.78 Å². The molecule has 0 unspecified atom stereocenters. The van der Waals surface area contributed by atoms with Gasteiger partial charge >= 0.3 is 0 Å². The van der Waals surface area contributed by atoms with Gasteiger partial charge in [-0.1, -0.05) is 34.1 Å². The van der Waals surface area contributed by atoms with Crippen LogP contribution in [0.3, 0.4) is 0 Å². The molecule has 1 N–H and O–H groups in total. The van der Waals surface area contributed by atoms with Crippen LogP contribution in [-0.4, -0.2) is 17.7 Å². The number of hydrogen-bond acceptors (Lipinski definition) is 2. The van der Waals surface area contributed by atoms with Gasteiger partial charge < -0.3 is 5.32 Å². The minimum absolute atomic E-state index is 0.0270.